The van der Waals surface area contributed by atoms with Crippen LogP contribution >= 0.6 is 0 Å². The van der Waals surface area contributed by atoms with Gasteiger partial charge in [0, 0.05) is 12.2 Å². The standard InChI is InChI=1S/C32H39NO5/c1-36-31(34)23-27-16-17-29(22-28(27)24-32(35)37-2)33-20-9-13-26-14-18-30(19-15-26)38-21-8-4-7-12-25-10-5-3-6-11-25/h3,5-6,10-11,14-19,22,33H,4,7-9,12-13,20-21,23-24H2,1-2H3. The molecule has 0 bridgehead atoms. The van der Waals surface area contributed by atoms with Crippen LogP contribution in [0.15, 0.2) is 72.8 Å². The SMILES string of the molecule is COC(=O)Cc1ccc(NCCCc2ccc(OCCCCCc3ccccc3)cc2)cc1CC(=O)OC. The van der Waals surface area contributed by atoms with E-state index in [9.17, 15) is 9.59 Å². The van der Waals surface area contributed by atoms with Crippen LogP contribution in [-0.4, -0.2) is 39.3 Å². The van der Waals surface area contributed by atoms with E-state index >= 15 is 0 Å². The third kappa shape index (κ3) is 10.3. The number of carbonyl (C=O) groups is 2. The molecule has 0 aromatic heterocycles. The number of benzene rings is 3. The predicted molar refractivity (Wildman–Crippen MR) is 151 cm³/mol. The van der Waals surface area contributed by atoms with E-state index in [1.54, 1.807) is 0 Å². The molecule has 202 valence electrons. The minimum atomic E-state index is -0.344. The van der Waals surface area contributed by atoms with Crippen LogP contribution in [0.5, 0.6) is 5.75 Å². The zero-order valence-corrected chi connectivity index (χ0v) is 22.5. The maximum Gasteiger partial charge on any atom is 0.309 e. The zero-order valence-electron chi connectivity index (χ0n) is 22.5. The molecule has 0 atom stereocenters. The lowest BCUT2D eigenvalue weighted by Gasteiger charge is -2.12. The van der Waals surface area contributed by atoms with E-state index in [-0.39, 0.29) is 24.8 Å². The fourth-order valence-corrected chi connectivity index (χ4v) is 4.25. The maximum atomic E-state index is 11.8. The molecule has 0 aliphatic rings. The number of carbonyl (C=O) groups excluding carboxylic acids is 2. The minimum absolute atomic E-state index is 0.112. The highest BCUT2D eigenvalue weighted by molar-refractivity contribution is 5.77. The highest BCUT2D eigenvalue weighted by Gasteiger charge is 2.13. The van der Waals surface area contributed by atoms with Crippen LogP contribution < -0.4 is 10.1 Å². The largest absolute Gasteiger partial charge is 0.494 e. The Morgan fingerprint density at radius 1 is 0.684 bits per heavy atom. The number of hydrogen-bond donors (Lipinski definition) is 1. The summed E-state index contributed by atoms with van der Waals surface area (Å²) < 4.78 is 15.5. The molecule has 0 heterocycles. The number of ether oxygens (including phenoxy) is 3. The van der Waals surface area contributed by atoms with Crippen molar-refractivity contribution in [3.63, 3.8) is 0 Å². The Hall–Kier alpha value is -3.80. The molecule has 3 aromatic carbocycles. The Morgan fingerprint density at radius 3 is 2.05 bits per heavy atom. The molecule has 0 aliphatic carbocycles. The molecule has 1 N–H and O–H groups in total. The molecule has 6 heteroatoms. The van der Waals surface area contributed by atoms with E-state index in [1.165, 1.54) is 31.8 Å². The monoisotopic (exact) mass is 517 g/mol. The smallest absolute Gasteiger partial charge is 0.309 e. The first-order valence-electron chi connectivity index (χ1n) is 13.3. The molecular weight excluding hydrogens is 478 g/mol. The van der Waals surface area contributed by atoms with Crippen molar-refractivity contribution in [3.8, 4) is 5.75 Å². The summed E-state index contributed by atoms with van der Waals surface area (Å²) in [6, 6.07) is 24.7. The van der Waals surface area contributed by atoms with Gasteiger partial charge in [0.25, 0.3) is 0 Å². The van der Waals surface area contributed by atoms with Crippen LogP contribution in [0.4, 0.5) is 5.69 Å². The fourth-order valence-electron chi connectivity index (χ4n) is 4.25. The lowest BCUT2D eigenvalue weighted by atomic mass is 10.0. The second-order valence-corrected chi connectivity index (χ2v) is 9.31. The zero-order chi connectivity index (χ0) is 27.0. The molecule has 38 heavy (non-hydrogen) atoms. The number of rotatable bonds is 16. The van der Waals surface area contributed by atoms with Gasteiger partial charge in [0.1, 0.15) is 5.75 Å². The van der Waals surface area contributed by atoms with Gasteiger partial charge in [-0.2, -0.15) is 0 Å². The van der Waals surface area contributed by atoms with Crippen molar-refractivity contribution in [2.45, 2.75) is 51.4 Å². The van der Waals surface area contributed by atoms with Crippen molar-refractivity contribution >= 4 is 17.6 Å². The lowest BCUT2D eigenvalue weighted by Crippen LogP contribution is -2.12. The Bertz CT molecular complexity index is 1130. The van der Waals surface area contributed by atoms with E-state index < -0.39 is 0 Å². The van der Waals surface area contributed by atoms with E-state index in [0.717, 1.165) is 67.8 Å². The number of hydrogen-bond acceptors (Lipinski definition) is 6. The second-order valence-electron chi connectivity index (χ2n) is 9.31. The minimum Gasteiger partial charge on any atom is -0.494 e. The molecule has 0 saturated carbocycles. The number of methoxy groups -OCH3 is 2. The van der Waals surface area contributed by atoms with Gasteiger partial charge in [0.15, 0.2) is 0 Å². The van der Waals surface area contributed by atoms with Crippen molar-refractivity contribution in [2.24, 2.45) is 0 Å². The molecular formula is C32H39NO5. The first kappa shape index (κ1) is 28.8. The van der Waals surface area contributed by atoms with Gasteiger partial charge in [-0.3, -0.25) is 9.59 Å². The third-order valence-electron chi connectivity index (χ3n) is 6.45. The average molecular weight is 518 g/mol. The summed E-state index contributed by atoms with van der Waals surface area (Å²) in [5.41, 5.74) is 5.10. The van der Waals surface area contributed by atoms with E-state index in [1.807, 2.05) is 30.3 Å². The van der Waals surface area contributed by atoms with E-state index in [2.05, 4.69) is 47.8 Å². The van der Waals surface area contributed by atoms with Crippen LogP contribution in [0.3, 0.4) is 0 Å². The summed E-state index contributed by atoms with van der Waals surface area (Å²) in [6.07, 6.45) is 6.67. The van der Waals surface area contributed by atoms with Crippen LogP contribution in [0.1, 0.15) is 47.9 Å². The highest BCUT2D eigenvalue weighted by atomic mass is 16.5. The molecule has 0 saturated heterocycles. The number of nitrogens with one attached hydrogen (secondary N) is 1. The maximum absolute atomic E-state index is 11.8. The molecule has 0 radical (unpaired) electrons. The van der Waals surface area contributed by atoms with Gasteiger partial charge in [0.05, 0.1) is 33.7 Å². The Kier molecular flexibility index (Phi) is 12.2. The molecule has 0 unspecified atom stereocenters. The normalized spacial score (nSPS) is 10.6. The number of aryl methyl sites for hydroxylation is 2. The van der Waals surface area contributed by atoms with Gasteiger partial charge < -0.3 is 19.5 Å². The van der Waals surface area contributed by atoms with Crippen LogP contribution in [0.25, 0.3) is 0 Å². The molecule has 0 fully saturated rings. The molecule has 6 nitrogen and oxygen atoms in total. The third-order valence-corrected chi connectivity index (χ3v) is 6.45. The summed E-state index contributed by atoms with van der Waals surface area (Å²) in [5, 5.41) is 3.41. The second kappa shape index (κ2) is 16.1. The Balaban J connectivity index is 1.36. The quantitative estimate of drug-likeness (QED) is 0.187. The molecule has 0 aliphatic heterocycles. The Labute approximate surface area is 226 Å². The summed E-state index contributed by atoms with van der Waals surface area (Å²) >= 11 is 0. The summed E-state index contributed by atoms with van der Waals surface area (Å²) in [6.45, 7) is 1.53. The number of unbranched alkanes of at least 4 members (excludes halogenated alkanes) is 2. The molecule has 3 aromatic rings. The van der Waals surface area contributed by atoms with E-state index in [0.29, 0.717) is 0 Å². The van der Waals surface area contributed by atoms with Gasteiger partial charge in [-0.15, -0.1) is 0 Å². The van der Waals surface area contributed by atoms with Crippen LogP contribution in [-0.2, 0) is 44.7 Å². The fraction of sp³-hybridized carbons (Fsp3) is 0.375. The van der Waals surface area contributed by atoms with Crippen molar-refractivity contribution in [1.29, 1.82) is 0 Å². The van der Waals surface area contributed by atoms with E-state index in [4.69, 9.17) is 14.2 Å². The van der Waals surface area contributed by atoms with Crippen LogP contribution in [0, 0.1) is 0 Å². The molecule has 3 rings (SSSR count). The lowest BCUT2D eigenvalue weighted by molar-refractivity contribution is -0.141. The topological polar surface area (TPSA) is 73.9 Å². The van der Waals surface area contributed by atoms with Crippen molar-refractivity contribution in [1.82, 2.24) is 0 Å². The van der Waals surface area contributed by atoms with Gasteiger partial charge in [-0.05, 0) is 85.0 Å². The highest BCUT2D eigenvalue weighted by Crippen LogP contribution is 2.19. The first-order chi connectivity index (χ1) is 18.6. The first-order valence-corrected chi connectivity index (χ1v) is 13.3. The predicted octanol–water partition coefficient (Wildman–Crippen LogP) is 5.95. The number of esters is 2. The summed E-state index contributed by atoms with van der Waals surface area (Å²) in [5.74, 6) is 0.232. The van der Waals surface area contributed by atoms with Gasteiger partial charge >= 0.3 is 11.9 Å². The average Bonchev–Trinajstić information content (AvgIpc) is 2.95. The van der Waals surface area contributed by atoms with Crippen molar-refractivity contribution in [2.75, 3.05) is 32.7 Å². The number of anilines is 1. The van der Waals surface area contributed by atoms with Gasteiger partial charge in [-0.25, -0.2) is 0 Å². The van der Waals surface area contributed by atoms with Crippen molar-refractivity contribution < 1.29 is 23.8 Å². The van der Waals surface area contributed by atoms with Gasteiger partial charge in [0.2, 0.25) is 0 Å². The molecule has 0 amide bonds. The van der Waals surface area contributed by atoms with Crippen molar-refractivity contribution in [3.05, 3.63) is 95.1 Å². The van der Waals surface area contributed by atoms with Crippen LogP contribution in [0.2, 0.25) is 0 Å². The summed E-state index contributed by atoms with van der Waals surface area (Å²) in [7, 11) is 2.71. The Morgan fingerprint density at radius 2 is 1.34 bits per heavy atom. The molecule has 0 spiro atoms. The summed E-state index contributed by atoms with van der Waals surface area (Å²) in [4.78, 5) is 23.5. The van der Waals surface area contributed by atoms with Gasteiger partial charge in [-0.1, -0.05) is 48.5 Å².